The van der Waals surface area contributed by atoms with Crippen LogP contribution in [0.1, 0.15) is 17.5 Å². The van der Waals surface area contributed by atoms with Gasteiger partial charge in [0.25, 0.3) is 0 Å². The minimum absolute atomic E-state index is 0.0297. The summed E-state index contributed by atoms with van der Waals surface area (Å²) in [4.78, 5) is 11.7. The minimum Gasteiger partial charge on any atom is -0.355 e. The summed E-state index contributed by atoms with van der Waals surface area (Å²) >= 11 is 5.83. The molecular weight excluding hydrogens is 296 g/mol. The molecule has 3 nitrogen and oxygen atoms in total. The zero-order valence-electron chi connectivity index (χ0n) is 12.5. The van der Waals surface area contributed by atoms with Crippen LogP contribution in [0.15, 0.2) is 54.6 Å². The van der Waals surface area contributed by atoms with Crippen molar-refractivity contribution < 1.29 is 4.79 Å². The molecule has 0 radical (unpaired) electrons. The van der Waals surface area contributed by atoms with Crippen LogP contribution in [0.2, 0.25) is 5.02 Å². The molecule has 2 rings (SSSR count). The summed E-state index contributed by atoms with van der Waals surface area (Å²) in [5.41, 5.74) is 2.42. The van der Waals surface area contributed by atoms with Crippen LogP contribution in [-0.2, 0) is 17.8 Å². The van der Waals surface area contributed by atoms with Crippen molar-refractivity contribution in [3.63, 3.8) is 0 Å². The lowest BCUT2D eigenvalue weighted by molar-refractivity contribution is -0.120. The molecule has 0 fully saturated rings. The van der Waals surface area contributed by atoms with Gasteiger partial charge in [0.15, 0.2) is 0 Å². The van der Waals surface area contributed by atoms with E-state index in [0.29, 0.717) is 19.6 Å². The Bertz CT molecular complexity index is 569. The van der Waals surface area contributed by atoms with Crippen molar-refractivity contribution in [1.29, 1.82) is 0 Å². The van der Waals surface area contributed by atoms with E-state index in [1.165, 1.54) is 5.56 Å². The monoisotopic (exact) mass is 316 g/mol. The lowest BCUT2D eigenvalue weighted by atomic mass is 10.1. The molecule has 0 saturated heterocycles. The van der Waals surface area contributed by atoms with E-state index < -0.39 is 0 Å². The van der Waals surface area contributed by atoms with Gasteiger partial charge in [-0.3, -0.25) is 4.79 Å². The molecule has 0 aliphatic rings. The van der Waals surface area contributed by atoms with Crippen molar-refractivity contribution in [1.82, 2.24) is 10.6 Å². The number of halogens is 1. The van der Waals surface area contributed by atoms with Crippen molar-refractivity contribution in [2.45, 2.75) is 19.4 Å². The molecule has 0 heterocycles. The first kappa shape index (κ1) is 16.5. The SMILES string of the molecule is O=C(CNCc1ccc(Cl)cc1)NCCCc1ccccc1. The van der Waals surface area contributed by atoms with Gasteiger partial charge >= 0.3 is 0 Å². The van der Waals surface area contributed by atoms with E-state index >= 15 is 0 Å². The second-order valence-electron chi connectivity index (χ2n) is 5.17. The van der Waals surface area contributed by atoms with Gasteiger partial charge in [-0.2, -0.15) is 0 Å². The van der Waals surface area contributed by atoms with Crippen LogP contribution >= 0.6 is 11.6 Å². The van der Waals surface area contributed by atoms with Crippen LogP contribution in [0.5, 0.6) is 0 Å². The Kier molecular flexibility index (Phi) is 6.94. The number of nitrogens with one attached hydrogen (secondary N) is 2. The van der Waals surface area contributed by atoms with E-state index in [9.17, 15) is 4.79 Å². The van der Waals surface area contributed by atoms with E-state index in [1.54, 1.807) is 0 Å². The summed E-state index contributed by atoms with van der Waals surface area (Å²) in [7, 11) is 0. The highest BCUT2D eigenvalue weighted by atomic mass is 35.5. The number of aryl methyl sites for hydroxylation is 1. The number of hydrogen-bond acceptors (Lipinski definition) is 2. The third-order valence-corrected chi connectivity index (χ3v) is 3.59. The van der Waals surface area contributed by atoms with Crippen molar-refractivity contribution >= 4 is 17.5 Å². The minimum atomic E-state index is 0.0297. The molecule has 0 spiro atoms. The quantitative estimate of drug-likeness (QED) is 0.734. The zero-order chi connectivity index (χ0) is 15.6. The van der Waals surface area contributed by atoms with E-state index in [0.717, 1.165) is 23.4 Å². The Morgan fingerprint density at radius 2 is 1.68 bits per heavy atom. The maximum absolute atomic E-state index is 11.7. The molecule has 22 heavy (non-hydrogen) atoms. The van der Waals surface area contributed by atoms with Crippen LogP contribution in [0, 0.1) is 0 Å². The Labute approximate surface area is 136 Å². The van der Waals surface area contributed by atoms with Crippen molar-refractivity contribution in [3.8, 4) is 0 Å². The summed E-state index contributed by atoms with van der Waals surface area (Å²) in [6, 6.07) is 17.9. The summed E-state index contributed by atoms with van der Waals surface area (Å²) in [5.74, 6) is 0.0297. The van der Waals surface area contributed by atoms with Gasteiger partial charge in [-0.05, 0) is 36.1 Å². The maximum Gasteiger partial charge on any atom is 0.233 e. The maximum atomic E-state index is 11.7. The lowest BCUT2D eigenvalue weighted by Gasteiger charge is -2.07. The topological polar surface area (TPSA) is 41.1 Å². The highest BCUT2D eigenvalue weighted by Gasteiger charge is 2.00. The van der Waals surface area contributed by atoms with Crippen molar-refractivity contribution in [2.24, 2.45) is 0 Å². The predicted molar refractivity (Wildman–Crippen MR) is 90.9 cm³/mol. The van der Waals surface area contributed by atoms with E-state index in [2.05, 4.69) is 22.8 Å². The third-order valence-electron chi connectivity index (χ3n) is 3.34. The van der Waals surface area contributed by atoms with E-state index in [-0.39, 0.29) is 5.91 Å². The van der Waals surface area contributed by atoms with Crippen LogP contribution in [0.4, 0.5) is 0 Å². The average molecular weight is 317 g/mol. The first-order valence-electron chi connectivity index (χ1n) is 7.50. The van der Waals surface area contributed by atoms with Crippen LogP contribution < -0.4 is 10.6 Å². The zero-order valence-corrected chi connectivity index (χ0v) is 13.3. The third kappa shape index (κ3) is 6.29. The fraction of sp³-hybridized carbons (Fsp3) is 0.278. The summed E-state index contributed by atoms with van der Waals surface area (Å²) in [5, 5.41) is 6.77. The number of benzene rings is 2. The molecule has 0 aromatic heterocycles. The van der Waals surface area contributed by atoms with E-state index in [4.69, 9.17) is 11.6 Å². The second kappa shape index (κ2) is 9.23. The molecule has 2 N–H and O–H groups in total. The second-order valence-corrected chi connectivity index (χ2v) is 5.61. The number of amides is 1. The molecule has 4 heteroatoms. The summed E-state index contributed by atoms with van der Waals surface area (Å²) in [6.45, 7) is 1.69. The van der Waals surface area contributed by atoms with Gasteiger partial charge in [-0.25, -0.2) is 0 Å². The summed E-state index contributed by atoms with van der Waals surface area (Å²) in [6.07, 6.45) is 1.94. The molecule has 0 unspecified atom stereocenters. The lowest BCUT2D eigenvalue weighted by Crippen LogP contribution is -2.34. The number of rotatable bonds is 8. The Hall–Kier alpha value is -1.84. The van der Waals surface area contributed by atoms with Gasteiger partial charge in [-0.1, -0.05) is 54.1 Å². The Morgan fingerprint density at radius 3 is 2.41 bits per heavy atom. The summed E-state index contributed by atoms with van der Waals surface area (Å²) < 4.78 is 0. The number of carbonyl (C=O) groups excluding carboxylic acids is 1. The predicted octanol–water partition coefficient (Wildman–Crippen LogP) is 3.18. The standard InChI is InChI=1S/C18H21ClN2O/c19-17-10-8-16(9-11-17)13-20-14-18(22)21-12-4-7-15-5-2-1-3-6-15/h1-3,5-6,8-11,20H,4,7,12-14H2,(H,21,22). The molecule has 0 saturated carbocycles. The molecule has 116 valence electrons. The average Bonchev–Trinajstić information content (AvgIpc) is 2.54. The number of hydrogen-bond donors (Lipinski definition) is 2. The largest absolute Gasteiger partial charge is 0.355 e. The van der Waals surface area contributed by atoms with Crippen LogP contribution in [0.25, 0.3) is 0 Å². The van der Waals surface area contributed by atoms with Gasteiger partial charge < -0.3 is 10.6 Å². The van der Waals surface area contributed by atoms with Crippen LogP contribution in [0.3, 0.4) is 0 Å². The molecule has 1 amide bonds. The molecular formula is C18H21ClN2O. The van der Waals surface area contributed by atoms with Gasteiger partial charge in [0.2, 0.25) is 5.91 Å². The van der Waals surface area contributed by atoms with E-state index in [1.807, 2.05) is 42.5 Å². The fourth-order valence-electron chi connectivity index (χ4n) is 2.15. The molecule has 0 bridgehead atoms. The van der Waals surface area contributed by atoms with Crippen molar-refractivity contribution in [3.05, 3.63) is 70.7 Å². The molecule has 2 aromatic rings. The smallest absolute Gasteiger partial charge is 0.233 e. The highest BCUT2D eigenvalue weighted by Crippen LogP contribution is 2.08. The Morgan fingerprint density at radius 1 is 0.955 bits per heavy atom. The van der Waals surface area contributed by atoms with Crippen LogP contribution in [-0.4, -0.2) is 19.0 Å². The molecule has 2 aromatic carbocycles. The first-order chi connectivity index (χ1) is 10.7. The molecule has 0 aliphatic carbocycles. The van der Waals surface area contributed by atoms with Gasteiger partial charge in [0, 0.05) is 18.1 Å². The fourth-order valence-corrected chi connectivity index (χ4v) is 2.28. The van der Waals surface area contributed by atoms with Gasteiger partial charge in [0.05, 0.1) is 6.54 Å². The normalized spacial score (nSPS) is 10.4. The van der Waals surface area contributed by atoms with Crippen molar-refractivity contribution in [2.75, 3.05) is 13.1 Å². The van der Waals surface area contributed by atoms with Gasteiger partial charge in [-0.15, -0.1) is 0 Å². The highest BCUT2D eigenvalue weighted by molar-refractivity contribution is 6.30. The Balaban J connectivity index is 1.55. The molecule has 0 atom stereocenters. The molecule has 0 aliphatic heterocycles. The number of carbonyl (C=O) groups is 1. The first-order valence-corrected chi connectivity index (χ1v) is 7.87. The van der Waals surface area contributed by atoms with Gasteiger partial charge in [0.1, 0.15) is 0 Å².